The van der Waals surface area contributed by atoms with Crippen molar-refractivity contribution in [3.05, 3.63) is 30.3 Å². The maximum atomic E-state index is 8.95. The SMILES string of the molecule is CC(CO)CCCNc1nnnn1-c1ccccc1. The third kappa shape index (κ3) is 3.75. The highest BCUT2D eigenvalue weighted by molar-refractivity contribution is 5.38. The van der Waals surface area contributed by atoms with Gasteiger partial charge < -0.3 is 10.4 Å². The minimum atomic E-state index is 0.238. The van der Waals surface area contributed by atoms with Crippen molar-refractivity contribution >= 4 is 5.95 Å². The van der Waals surface area contributed by atoms with Crippen LogP contribution >= 0.6 is 0 Å². The number of para-hydroxylation sites is 1. The lowest BCUT2D eigenvalue weighted by atomic mass is 10.1. The van der Waals surface area contributed by atoms with E-state index in [-0.39, 0.29) is 6.61 Å². The summed E-state index contributed by atoms with van der Waals surface area (Å²) >= 11 is 0. The molecule has 0 fully saturated rings. The molecule has 1 unspecified atom stereocenters. The van der Waals surface area contributed by atoms with Gasteiger partial charge in [0.25, 0.3) is 0 Å². The molecule has 102 valence electrons. The van der Waals surface area contributed by atoms with Gasteiger partial charge in [0.1, 0.15) is 0 Å². The average Bonchev–Trinajstić information content (AvgIpc) is 2.92. The van der Waals surface area contributed by atoms with Gasteiger partial charge in [-0.3, -0.25) is 0 Å². The molecule has 0 saturated heterocycles. The monoisotopic (exact) mass is 261 g/mol. The van der Waals surface area contributed by atoms with E-state index < -0.39 is 0 Å². The average molecular weight is 261 g/mol. The first-order valence-corrected chi connectivity index (χ1v) is 6.50. The van der Waals surface area contributed by atoms with Crippen LogP contribution in [0.15, 0.2) is 30.3 Å². The summed E-state index contributed by atoms with van der Waals surface area (Å²) in [6, 6.07) is 9.76. The second-order valence-corrected chi connectivity index (χ2v) is 4.61. The largest absolute Gasteiger partial charge is 0.396 e. The van der Waals surface area contributed by atoms with E-state index in [0.29, 0.717) is 11.9 Å². The summed E-state index contributed by atoms with van der Waals surface area (Å²) in [5.41, 5.74) is 0.929. The Kier molecular flexibility index (Phi) is 4.85. The summed E-state index contributed by atoms with van der Waals surface area (Å²) in [7, 11) is 0. The van der Waals surface area contributed by atoms with E-state index in [4.69, 9.17) is 5.11 Å². The van der Waals surface area contributed by atoms with Crippen molar-refractivity contribution in [2.45, 2.75) is 19.8 Å². The number of rotatable bonds is 7. The van der Waals surface area contributed by atoms with Crippen molar-refractivity contribution < 1.29 is 5.11 Å². The Morgan fingerprint density at radius 2 is 2.11 bits per heavy atom. The molecule has 6 nitrogen and oxygen atoms in total. The number of aromatic nitrogens is 4. The van der Waals surface area contributed by atoms with Crippen LogP contribution in [0.25, 0.3) is 5.69 Å². The van der Waals surface area contributed by atoms with E-state index in [9.17, 15) is 0 Å². The van der Waals surface area contributed by atoms with Gasteiger partial charge in [-0.15, -0.1) is 0 Å². The molecule has 0 saturated carbocycles. The highest BCUT2D eigenvalue weighted by atomic mass is 16.3. The van der Waals surface area contributed by atoms with Gasteiger partial charge in [-0.1, -0.05) is 30.2 Å². The van der Waals surface area contributed by atoms with E-state index in [1.807, 2.05) is 37.3 Å². The van der Waals surface area contributed by atoms with Crippen LogP contribution in [0.1, 0.15) is 19.8 Å². The highest BCUT2D eigenvalue weighted by Gasteiger charge is 2.07. The Bertz CT molecular complexity index is 485. The van der Waals surface area contributed by atoms with Crippen molar-refractivity contribution in [2.75, 3.05) is 18.5 Å². The molecule has 0 aliphatic heterocycles. The summed E-state index contributed by atoms with van der Waals surface area (Å²) in [4.78, 5) is 0. The second-order valence-electron chi connectivity index (χ2n) is 4.61. The number of hydrogen-bond donors (Lipinski definition) is 2. The van der Waals surface area contributed by atoms with Gasteiger partial charge in [0.15, 0.2) is 0 Å². The van der Waals surface area contributed by atoms with Gasteiger partial charge >= 0.3 is 0 Å². The number of tetrazole rings is 1. The fourth-order valence-electron chi connectivity index (χ4n) is 1.78. The number of aliphatic hydroxyl groups excluding tert-OH is 1. The molecule has 0 bridgehead atoms. The van der Waals surface area contributed by atoms with Crippen LogP contribution < -0.4 is 5.32 Å². The minimum Gasteiger partial charge on any atom is -0.396 e. The van der Waals surface area contributed by atoms with E-state index in [1.165, 1.54) is 0 Å². The van der Waals surface area contributed by atoms with Gasteiger partial charge in [0, 0.05) is 13.2 Å². The normalized spacial score (nSPS) is 12.3. The number of nitrogens with one attached hydrogen (secondary N) is 1. The van der Waals surface area contributed by atoms with Crippen LogP contribution in [-0.2, 0) is 0 Å². The van der Waals surface area contributed by atoms with Gasteiger partial charge in [-0.25, -0.2) is 0 Å². The molecule has 1 aromatic carbocycles. The van der Waals surface area contributed by atoms with Crippen LogP contribution in [0.3, 0.4) is 0 Å². The van der Waals surface area contributed by atoms with Crippen LogP contribution in [0.5, 0.6) is 0 Å². The molecule has 2 rings (SSSR count). The van der Waals surface area contributed by atoms with E-state index in [1.54, 1.807) is 4.68 Å². The maximum Gasteiger partial charge on any atom is 0.247 e. The first-order valence-electron chi connectivity index (χ1n) is 6.50. The zero-order valence-corrected chi connectivity index (χ0v) is 11.0. The van der Waals surface area contributed by atoms with E-state index in [2.05, 4.69) is 20.8 Å². The van der Waals surface area contributed by atoms with Gasteiger partial charge in [-0.2, -0.15) is 4.68 Å². The smallest absolute Gasteiger partial charge is 0.247 e. The lowest BCUT2D eigenvalue weighted by Gasteiger charge is -2.09. The predicted octanol–water partition coefficient (Wildman–Crippen LogP) is 1.48. The molecule has 19 heavy (non-hydrogen) atoms. The Morgan fingerprint density at radius 3 is 2.84 bits per heavy atom. The van der Waals surface area contributed by atoms with Crippen molar-refractivity contribution in [1.82, 2.24) is 20.2 Å². The van der Waals surface area contributed by atoms with Crippen LogP contribution in [-0.4, -0.2) is 38.5 Å². The quantitative estimate of drug-likeness (QED) is 0.738. The Hall–Kier alpha value is -1.95. The molecule has 1 atom stereocenters. The highest BCUT2D eigenvalue weighted by Crippen LogP contribution is 2.11. The molecule has 0 aliphatic rings. The molecular weight excluding hydrogens is 242 g/mol. The number of nitrogens with zero attached hydrogens (tertiary/aromatic N) is 4. The first-order chi connectivity index (χ1) is 9.31. The zero-order valence-electron chi connectivity index (χ0n) is 11.0. The second kappa shape index (κ2) is 6.84. The Balaban J connectivity index is 1.90. The molecule has 2 N–H and O–H groups in total. The maximum absolute atomic E-state index is 8.95. The van der Waals surface area contributed by atoms with Crippen molar-refractivity contribution in [3.8, 4) is 5.69 Å². The van der Waals surface area contributed by atoms with Crippen molar-refractivity contribution in [3.63, 3.8) is 0 Å². The van der Waals surface area contributed by atoms with Crippen LogP contribution in [0.4, 0.5) is 5.95 Å². The molecule has 0 radical (unpaired) electrons. The van der Waals surface area contributed by atoms with Crippen molar-refractivity contribution in [2.24, 2.45) is 5.92 Å². The fraction of sp³-hybridized carbons (Fsp3) is 0.462. The molecular formula is C13H19N5O. The third-order valence-corrected chi connectivity index (χ3v) is 2.94. The number of hydrogen-bond acceptors (Lipinski definition) is 5. The molecule has 2 aromatic rings. The standard InChI is InChI=1S/C13H19N5O/c1-11(10-19)6-5-9-14-13-15-16-17-18(13)12-7-3-2-4-8-12/h2-4,7-8,11,19H,5-6,9-10H2,1H3,(H,14,15,17). The number of benzene rings is 1. The number of aliphatic hydroxyl groups is 1. The first kappa shape index (κ1) is 13.5. The topological polar surface area (TPSA) is 75.9 Å². The summed E-state index contributed by atoms with van der Waals surface area (Å²) in [6.45, 7) is 3.06. The zero-order chi connectivity index (χ0) is 13.5. The van der Waals surface area contributed by atoms with Gasteiger partial charge in [-0.05, 0) is 41.3 Å². The summed E-state index contributed by atoms with van der Waals surface area (Å²) < 4.78 is 1.68. The van der Waals surface area contributed by atoms with Gasteiger partial charge in [0.2, 0.25) is 5.95 Å². The van der Waals surface area contributed by atoms with Crippen LogP contribution in [0, 0.1) is 5.92 Å². The fourth-order valence-corrected chi connectivity index (χ4v) is 1.78. The molecule has 0 amide bonds. The minimum absolute atomic E-state index is 0.238. The van der Waals surface area contributed by atoms with Gasteiger partial charge in [0.05, 0.1) is 5.69 Å². The summed E-state index contributed by atoms with van der Waals surface area (Å²) in [6.07, 6.45) is 1.96. The van der Waals surface area contributed by atoms with Crippen molar-refractivity contribution in [1.29, 1.82) is 0 Å². The Morgan fingerprint density at radius 1 is 1.32 bits per heavy atom. The number of anilines is 1. The van der Waals surface area contributed by atoms with E-state index in [0.717, 1.165) is 25.1 Å². The van der Waals surface area contributed by atoms with Crippen LogP contribution in [0.2, 0.25) is 0 Å². The Labute approximate surface area is 112 Å². The summed E-state index contributed by atoms with van der Waals surface area (Å²) in [5.74, 6) is 0.981. The van der Waals surface area contributed by atoms with E-state index >= 15 is 0 Å². The third-order valence-electron chi connectivity index (χ3n) is 2.94. The summed E-state index contributed by atoms with van der Waals surface area (Å²) in [5, 5.41) is 23.8. The lowest BCUT2D eigenvalue weighted by molar-refractivity contribution is 0.229. The molecule has 0 spiro atoms. The molecule has 6 heteroatoms. The predicted molar refractivity (Wildman–Crippen MR) is 73.1 cm³/mol. The lowest BCUT2D eigenvalue weighted by Crippen LogP contribution is -2.10. The molecule has 0 aliphatic carbocycles. The molecule has 1 heterocycles. The molecule has 1 aromatic heterocycles.